The second-order valence-corrected chi connectivity index (χ2v) is 4.62. The van der Waals surface area contributed by atoms with Gasteiger partial charge in [0, 0.05) is 18.7 Å². The van der Waals surface area contributed by atoms with Crippen LogP contribution >= 0.6 is 0 Å². The molecule has 0 heterocycles. The van der Waals surface area contributed by atoms with Crippen molar-refractivity contribution in [3.8, 4) is 11.1 Å². The summed E-state index contributed by atoms with van der Waals surface area (Å²) in [6.07, 6.45) is 1.05. The standard InChI is InChI=1S/C16H16F3N/c1-2-7-20-10-11-3-5-12(6-4-11)16-14(18)8-13(17)9-15(16)19/h3-6,8-9,20H,2,7,10H2,1H3. The van der Waals surface area contributed by atoms with Crippen molar-refractivity contribution >= 4 is 0 Å². The molecule has 0 aliphatic carbocycles. The molecule has 4 heteroatoms. The van der Waals surface area contributed by atoms with Crippen molar-refractivity contribution < 1.29 is 13.2 Å². The summed E-state index contributed by atoms with van der Waals surface area (Å²) in [6, 6.07) is 8.27. The molecule has 0 amide bonds. The van der Waals surface area contributed by atoms with Gasteiger partial charge in [0.15, 0.2) is 0 Å². The molecule has 0 radical (unpaired) electrons. The lowest BCUT2D eigenvalue weighted by Crippen LogP contribution is -2.13. The lowest BCUT2D eigenvalue weighted by molar-refractivity contribution is 0.548. The Kier molecular flexibility index (Phi) is 4.79. The van der Waals surface area contributed by atoms with Gasteiger partial charge in [0.2, 0.25) is 0 Å². The van der Waals surface area contributed by atoms with Crippen molar-refractivity contribution in [1.29, 1.82) is 0 Å². The number of benzene rings is 2. The van der Waals surface area contributed by atoms with Crippen LogP contribution in [0.5, 0.6) is 0 Å². The Morgan fingerprint density at radius 1 is 0.950 bits per heavy atom. The van der Waals surface area contributed by atoms with Gasteiger partial charge < -0.3 is 5.32 Å². The van der Waals surface area contributed by atoms with E-state index in [9.17, 15) is 13.2 Å². The minimum atomic E-state index is -0.913. The van der Waals surface area contributed by atoms with E-state index in [-0.39, 0.29) is 5.56 Å². The molecular weight excluding hydrogens is 263 g/mol. The Balaban J connectivity index is 2.22. The second-order valence-electron chi connectivity index (χ2n) is 4.62. The first kappa shape index (κ1) is 14.6. The van der Waals surface area contributed by atoms with Gasteiger partial charge in [0.1, 0.15) is 17.5 Å². The van der Waals surface area contributed by atoms with Crippen molar-refractivity contribution in [2.75, 3.05) is 6.54 Å². The lowest BCUT2D eigenvalue weighted by Gasteiger charge is -2.08. The van der Waals surface area contributed by atoms with E-state index in [0.717, 1.165) is 18.5 Å². The van der Waals surface area contributed by atoms with Crippen LogP contribution < -0.4 is 5.32 Å². The predicted octanol–water partition coefficient (Wildman–Crippen LogP) is 4.27. The van der Waals surface area contributed by atoms with Crippen molar-refractivity contribution in [2.24, 2.45) is 0 Å². The molecule has 2 aromatic carbocycles. The molecule has 0 aliphatic heterocycles. The number of halogens is 3. The second kappa shape index (κ2) is 6.57. The molecule has 0 bridgehead atoms. The molecule has 0 atom stereocenters. The van der Waals surface area contributed by atoms with Gasteiger partial charge in [-0.3, -0.25) is 0 Å². The molecule has 0 spiro atoms. The first-order valence-electron chi connectivity index (χ1n) is 6.56. The summed E-state index contributed by atoms with van der Waals surface area (Å²) < 4.78 is 40.2. The van der Waals surface area contributed by atoms with Gasteiger partial charge in [-0.25, -0.2) is 13.2 Å². The molecule has 1 N–H and O–H groups in total. The fourth-order valence-corrected chi connectivity index (χ4v) is 2.02. The van der Waals surface area contributed by atoms with Crippen molar-refractivity contribution in [2.45, 2.75) is 19.9 Å². The Morgan fingerprint density at radius 2 is 1.55 bits per heavy atom. The minimum absolute atomic E-state index is 0.195. The summed E-state index contributed by atoms with van der Waals surface area (Å²) in [5, 5.41) is 3.24. The fourth-order valence-electron chi connectivity index (χ4n) is 2.02. The highest BCUT2D eigenvalue weighted by molar-refractivity contribution is 5.65. The number of nitrogens with one attached hydrogen (secondary N) is 1. The Labute approximate surface area is 116 Å². The Bertz CT molecular complexity index is 556. The molecule has 0 aromatic heterocycles. The van der Waals surface area contributed by atoms with Gasteiger partial charge in [0.25, 0.3) is 0 Å². The predicted molar refractivity (Wildman–Crippen MR) is 73.7 cm³/mol. The van der Waals surface area contributed by atoms with Crippen LogP contribution in [0.2, 0.25) is 0 Å². The molecule has 0 unspecified atom stereocenters. The number of rotatable bonds is 5. The van der Waals surface area contributed by atoms with E-state index in [2.05, 4.69) is 12.2 Å². The molecule has 2 rings (SSSR count). The van der Waals surface area contributed by atoms with E-state index in [4.69, 9.17) is 0 Å². The third-order valence-corrected chi connectivity index (χ3v) is 3.01. The zero-order valence-corrected chi connectivity index (χ0v) is 11.2. The minimum Gasteiger partial charge on any atom is -0.313 e. The van der Waals surface area contributed by atoms with E-state index in [1.165, 1.54) is 0 Å². The van der Waals surface area contributed by atoms with Crippen LogP contribution in [-0.2, 0) is 6.54 Å². The van der Waals surface area contributed by atoms with E-state index < -0.39 is 17.5 Å². The average molecular weight is 279 g/mol. The van der Waals surface area contributed by atoms with Gasteiger partial charge >= 0.3 is 0 Å². The quantitative estimate of drug-likeness (QED) is 0.806. The Morgan fingerprint density at radius 3 is 2.10 bits per heavy atom. The lowest BCUT2D eigenvalue weighted by atomic mass is 10.0. The van der Waals surface area contributed by atoms with Crippen molar-refractivity contribution in [3.63, 3.8) is 0 Å². The normalized spacial score (nSPS) is 10.8. The SMILES string of the molecule is CCCNCc1ccc(-c2c(F)cc(F)cc2F)cc1. The summed E-state index contributed by atoms with van der Waals surface area (Å²) in [4.78, 5) is 0. The van der Waals surface area contributed by atoms with E-state index in [0.29, 0.717) is 24.2 Å². The number of hydrogen-bond acceptors (Lipinski definition) is 1. The van der Waals surface area contributed by atoms with Gasteiger partial charge in [-0.15, -0.1) is 0 Å². The fraction of sp³-hybridized carbons (Fsp3) is 0.250. The largest absolute Gasteiger partial charge is 0.313 e. The molecule has 1 nitrogen and oxygen atoms in total. The van der Waals surface area contributed by atoms with E-state index in [1.807, 2.05) is 0 Å². The zero-order chi connectivity index (χ0) is 14.5. The average Bonchev–Trinajstić information content (AvgIpc) is 2.39. The van der Waals surface area contributed by atoms with Crippen LogP contribution in [0.3, 0.4) is 0 Å². The summed E-state index contributed by atoms with van der Waals surface area (Å²) in [5.41, 5.74) is 1.24. The summed E-state index contributed by atoms with van der Waals surface area (Å²) in [5.74, 6) is -2.69. The van der Waals surface area contributed by atoms with Gasteiger partial charge in [-0.05, 0) is 24.1 Å². The topological polar surface area (TPSA) is 12.0 Å². The highest BCUT2D eigenvalue weighted by atomic mass is 19.1. The van der Waals surface area contributed by atoms with Gasteiger partial charge in [0.05, 0.1) is 5.56 Å². The third-order valence-electron chi connectivity index (χ3n) is 3.01. The molecule has 2 aromatic rings. The zero-order valence-electron chi connectivity index (χ0n) is 11.2. The first-order valence-corrected chi connectivity index (χ1v) is 6.56. The molecule has 0 saturated heterocycles. The molecule has 0 fully saturated rings. The van der Waals surface area contributed by atoms with Crippen LogP contribution in [0, 0.1) is 17.5 Å². The van der Waals surface area contributed by atoms with Crippen molar-refractivity contribution in [1.82, 2.24) is 5.32 Å². The maximum absolute atomic E-state index is 13.7. The molecule has 20 heavy (non-hydrogen) atoms. The van der Waals surface area contributed by atoms with Gasteiger partial charge in [-0.2, -0.15) is 0 Å². The van der Waals surface area contributed by atoms with Crippen LogP contribution in [-0.4, -0.2) is 6.54 Å². The summed E-state index contributed by atoms with van der Waals surface area (Å²) >= 11 is 0. The highest BCUT2D eigenvalue weighted by Crippen LogP contribution is 2.27. The van der Waals surface area contributed by atoms with Crippen LogP contribution in [0.25, 0.3) is 11.1 Å². The Hall–Kier alpha value is -1.81. The smallest absolute Gasteiger partial charge is 0.136 e. The van der Waals surface area contributed by atoms with Crippen LogP contribution in [0.1, 0.15) is 18.9 Å². The summed E-state index contributed by atoms with van der Waals surface area (Å²) in [6.45, 7) is 3.71. The van der Waals surface area contributed by atoms with E-state index in [1.54, 1.807) is 24.3 Å². The van der Waals surface area contributed by atoms with Crippen LogP contribution in [0.4, 0.5) is 13.2 Å². The molecule has 0 saturated carbocycles. The first-order chi connectivity index (χ1) is 9.61. The highest BCUT2D eigenvalue weighted by Gasteiger charge is 2.13. The monoisotopic (exact) mass is 279 g/mol. The molecule has 106 valence electrons. The maximum atomic E-state index is 13.7. The van der Waals surface area contributed by atoms with E-state index >= 15 is 0 Å². The summed E-state index contributed by atoms with van der Waals surface area (Å²) in [7, 11) is 0. The van der Waals surface area contributed by atoms with Crippen LogP contribution in [0.15, 0.2) is 36.4 Å². The van der Waals surface area contributed by atoms with Gasteiger partial charge in [-0.1, -0.05) is 31.2 Å². The number of hydrogen-bond donors (Lipinski definition) is 1. The molecular formula is C16H16F3N. The molecule has 0 aliphatic rings. The van der Waals surface area contributed by atoms with Crippen molar-refractivity contribution in [3.05, 3.63) is 59.4 Å². The maximum Gasteiger partial charge on any atom is 0.136 e. The third kappa shape index (κ3) is 3.39.